The maximum absolute atomic E-state index is 11.5. The van der Waals surface area contributed by atoms with E-state index < -0.39 is 10.0 Å². The van der Waals surface area contributed by atoms with Gasteiger partial charge in [-0.15, -0.1) is 11.3 Å². The molecule has 1 aromatic heterocycles. The number of hydrogen-bond donors (Lipinski definition) is 2. The molecule has 1 atom stereocenters. The molecule has 3 rings (SSSR count). The van der Waals surface area contributed by atoms with Gasteiger partial charge in [-0.25, -0.2) is 18.5 Å². The van der Waals surface area contributed by atoms with E-state index in [4.69, 9.17) is 5.14 Å². The number of nitrogens with zero attached hydrogens (tertiary/aromatic N) is 1. The molecule has 3 aromatic rings. The molecular weight excluding hydrogens is 342 g/mol. The molecule has 124 valence electrons. The van der Waals surface area contributed by atoms with Crippen LogP contribution in [0.1, 0.15) is 18.5 Å². The van der Waals surface area contributed by atoms with Crippen molar-refractivity contribution >= 4 is 26.5 Å². The fraction of sp³-hybridized carbons (Fsp3) is 0.118. The Morgan fingerprint density at radius 3 is 2.58 bits per heavy atom. The van der Waals surface area contributed by atoms with Gasteiger partial charge >= 0.3 is 0 Å². The number of thiazole rings is 1. The van der Waals surface area contributed by atoms with Crippen LogP contribution in [0.4, 0.5) is 5.13 Å². The van der Waals surface area contributed by atoms with E-state index in [0.29, 0.717) is 0 Å². The summed E-state index contributed by atoms with van der Waals surface area (Å²) in [5.74, 6) is 0. The number of nitrogens with two attached hydrogens (primary N) is 1. The summed E-state index contributed by atoms with van der Waals surface area (Å²) in [4.78, 5) is 4.69. The maximum atomic E-state index is 11.5. The molecule has 0 spiro atoms. The Balaban J connectivity index is 1.78. The first kappa shape index (κ1) is 16.6. The molecule has 0 aliphatic heterocycles. The molecule has 0 bridgehead atoms. The van der Waals surface area contributed by atoms with Crippen LogP contribution in [0.25, 0.3) is 11.3 Å². The smallest absolute Gasteiger partial charge is 0.238 e. The average Bonchev–Trinajstić information content (AvgIpc) is 3.03. The first-order chi connectivity index (χ1) is 11.4. The monoisotopic (exact) mass is 359 g/mol. The summed E-state index contributed by atoms with van der Waals surface area (Å²) >= 11 is 1.51. The Bertz CT molecular complexity index is 937. The van der Waals surface area contributed by atoms with E-state index in [1.807, 2.05) is 48.7 Å². The minimum absolute atomic E-state index is 0.0959. The molecule has 0 aliphatic rings. The van der Waals surface area contributed by atoms with Crippen LogP contribution >= 0.6 is 11.3 Å². The van der Waals surface area contributed by atoms with Gasteiger partial charge < -0.3 is 5.32 Å². The highest BCUT2D eigenvalue weighted by molar-refractivity contribution is 7.89. The highest BCUT2D eigenvalue weighted by Crippen LogP contribution is 2.28. The molecule has 3 N–H and O–H groups in total. The molecule has 0 saturated heterocycles. The molecule has 5 nitrogen and oxygen atoms in total. The number of hydrogen-bond acceptors (Lipinski definition) is 5. The Morgan fingerprint density at radius 2 is 1.88 bits per heavy atom. The van der Waals surface area contributed by atoms with Crippen LogP contribution in [0, 0.1) is 0 Å². The van der Waals surface area contributed by atoms with Crippen LogP contribution in [0.15, 0.2) is 64.9 Å². The van der Waals surface area contributed by atoms with E-state index in [2.05, 4.69) is 10.3 Å². The predicted octanol–water partition coefficient (Wildman–Crippen LogP) is 3.63. The summed E-state index contributed by atoms with van der Waals surface area (Å²) in [6, 6.07) is 16.5. The van der Waals surface area contributed by atoms with Crippen molar-refractivity contribution in [3.63, 3.8) is 0 Å². The first-order valence-electron chi connectivity index (χ1n) is 7.34. The molecule has 24 heavy (non-hydrogen) atoms. The highest BCUT2D eigenvalue weighted by Gasteiger charge is 2.13. The molecule has 1 unspecified atom stereocenters. The fourth-order valence-corrected chi connectivity index (χ4v) is 3.69. The molecule has 0 fully saturated rings. The van der Waals surface area contributed by atoms with Crippen molar-refractivity contribution in [3.05, 3.63) is 65.5 Å². The Labute approximate surface area is 145 Å². The van der Waals surface area contributed by atoms with E-state index in [1.54, 1.807) is 12.1 Å². The number of primary sulfonamides is 1. The highest BCUT2D eigenvalue weighted by atomic mass is 32.2. The van der Waals surface area contributed by atoms with Gasteiger partial charge in [0.25, 0.3) is 0 Å². The first-order valence-corrected chi connectivity index (χ1v) is 9.76. The molecule has 0 radical (unpaired) electrons. The largest absolute Gasteiger partial charge is 0.355 e. The summed E-state index contributed by atoms with van der Waals surface area (Å²) in [7, 11) is -3.70. The minimum atomic E-state index is -3.70. The number of rotatable bonds is 5. The zero-order chi connectivity index (χ0) is 17.2. The summed E-state index contributed by atoms with van der Waals surface area (Å²) in [6.45, 7) is 1.95. The lowest BCUT2D eigenvalue weighted by Gasteiger charge is -2.14. The van der Waals surface area contributed by atoms with Gasteiger partial charge in [-0.1, -0.05) is 42.5 Å². The third-order valence-electron chi connectivity index (χ3n) is 3.60. The van der Waals surface area contributed by atoms with E-state index >= 15 is 0 Å². The van der Waals surface area contributed by atoms with Gasteiger partial charge in [0, 0.05) is 10.9 Å². The van der Waals surface area contributed by atoms with Crippen molar-refractivity contribution in [2.75, 3.05) is 5.32 Å². The molecule has 0 saturated carbocycles. The molecule has 1 heterocycles. The number of aromatic nitrogens is 1. The van der Waals surface area contributed by atoms with Crippen LogP contribution < -0.4 is 10.5 Å². The van der Waals surface area contributed by atoms with Crippen LogP contribution in [-0.2, 0) is 10.0 Å². The van der Waals surface area contributed by atoms with Gasteiger partial charge in [-0.05, 0) is 24.6 Å². The van der Waals surface area contributed by atoms with Gasteiger partial charge in [0.05, 0.1) is 16.6 Å². The second-order valence-electron chi connectivity index (χ2n) is 5.39. The van der Waals surface area contributed by atoms with Gasteiger partial charge in [0.1, 0.15) is 0 Å². The number of benzene rings is 2. The molecule has 0 aliphatic carbocycles. The summed E-state index contributed by atoms with van der Waals surface area (Å²) < 4.78 is 22.9. The average molecular weight is 359 g/mol. The summed E-state index contributed by atoms with van der Waals surface area (Å²) in [6.07, 6.45) is 0. The van der Waals surface area contributed by atoms with Crippen molar-refractivity contribution in [1.29, 1.82) is 0 Å². The summed E-state index contributed by atoms with van der Waals surface area (Å²) in [5.41, 5.74) is 2.80. The minimum Gasteiger partial charge on any atom is -0.355 e. The van der Waals surface area contributed by atoms with Crippen molar-refractivity contribution in [2.45, 2.75) is 17.9 Å². The van der Waals surface area contributed by atoms with Crippen LogP contribution in [0.3, 0.4) is 0 Å². The number of sulfonamides is 1. The zero-order valence-corrected chi connectivity index (χ0v) is 14.6. The van der Waals surface area contributed by atoms with E-state index in [1.165, 1.54) is 17.4 Å². The van der Waals surface area contributed by atoms with Crippen LogP contribution in [0.2, 0.25) is 0 Å². The molecule has 0 amide bonds. The lowest BCUT2D eigenvalue weighted by molar-refractivity contribution is 0.597. The molecule has 7 heteroatoms. The molecule has 2 aromatic carbocycles. The number of nitrogens with one attached hydrogen (secondary N) is 1. The normalized spacial score (nSPS) is 12.8. The zero-order valence-electron chi connectivity index (χ0n) is 13.0. The van der Waals surface area contributed by atoms with Crippen molar-refractivity contribution in [2.24, 2.45) is 5.14 Å². The van der Waals surface area contributed by atoms with Gasteiger partial charge in [-0.2, -0.15) is 0 Å². The SMILES string of the molecule is CC(Nc1nc(-c2ccccc2)cs1)c1cccc(S(N)(=O)=O)c1. The summed E-state index contributed by atoms with van der Waals surface area (Å²) in [5, 5.41) is 11.3. The van der Waals surface area contributed by atoms with E-state index in [-0.39, 0.29) is 10.9 Å². The second-order valence-corrected chi connectivity index (χ2v) is 7.81. The van der Waals surface area contributed by atoms with Gasteiger partial charge in [0.15, 0.2) is 5.13 Å². The van der Waals surface area contributed by atoms with Crippen molar-refractivity contribution < 1.29 is 8.42 Å². The fourth-order valence-electron chi connectivity index (χ4n) is 2.31. The third kappa shape index (κ3) is 3.81. The lowest BCUT2D eigenvalue weighted by Crippen LogP contribution is -2.13. The van der Waals surface area contributed by atoms with Gasteiger partial charge in [0.2, 0.25) is 10.0 Å². The van der Waals surface area contributed by atoms with Crippen LogP contribution in [-0.4, -0.2) is 13.4 Å². The standard InChI is InChI=1S/C17H17N3O2S2/c1-12(14-8-5-9-15(10-14)24(18,21)22)19-17-20-16(11-23-17)13-6-3-2-4-7-13/h2-12H,1H3,(H,19,20)(H2,18,21,22). The Morgan fingerprint density at radius 1 is 1.12 bits per heavy atom. The predicted molar refractivity (Wildman–Crippen MR) is 97.4 cm³/mol. The Kier molecular flexibility index (Phi) is 4.66. The van der Waals surface area contributed by atoms with E-state index in [9.17, 15) is 8.42 Å². The van der Waals surface area contributed by atoms with Gasteiger partial charge in [-0.3, -0.25) is 0 Å². The molecular formula is C17H17N3O2S2. The topological polar surface area (TPSA) is 85.1 Å². The van der Waals surface area contributed by atoms with E-state index in [0.717, 1.165) is 22.0 Å². The van der Waals surface area contributed by atoms with Crippen molar-refractivity contribution in [1.82, 2.24) is 4.98 Å². The third-order valence-corrected chi connectivity index (χ3v) is 5.28. The lowest BCUT2D eigenvalue weighted by atomic mass is 10.1. The van der Waals surface area contributed by atoms with Crippen LogP contribution in [0.5, 0.6) is 0 Å². The maximum Gasteiger partial charge on any atom is 0.238 e. The number of anilines is 1. The quantitative estimate of drug-likeness (QED) is 0.728. The van der Waals surface area contributed by atoms with Crippen molar-refractivity contribution in [3.8, 4) is 11.3 Å². The second kappa shape index (κ2) is 6.72. The Hall–Kier alpha value is -2.22.